The Hall–Kier alpha value is -1.17. The van der Waals surface area contributed by atoms with Crippen LogP contribution in [0, 0.1) is 69.5 Å². The van der Waals surface area contributed by atoms with E-state index in [2.05, 4.69) is 47.4 Å². The van der Waals surface area contributed by atoms with Gasteiger partial charge in [-0.2, -0.15) is 0 Å². The predicted molar refractivity (Wildman–Crippen MR) is 116 cm³/mol. The molecule has 0 spiro atoms. The zero-order chi connectivity index (χ0) is 19.9. The van der Waals surface area contributed by atoms with Crippen molar-refractivity contribution in [2.75, 3.05) is 0 Å². The van der Waals surface area contributed by atoms with E-state index < -0.39 is 0 Å². The van der Waals surface area contributed by atoms with Gasteiger partial charge in [0.2, 0.25) is 0 Å². The molecular weight excluding hydrogens is 542 g/mol. The molecule has 2 aliphatic rings. The van der Waals surface area contributed by atoms with Crippen molar-refractivity contribution in [3.8, 4) is 0 Å². The molecule has 0 bridgehead atoms. The molecule has 1 aromatic heterocycles. The molecule has 5 heteroatoms. The molecule has 5 rings (SSSR count). The molecule has 31 heavy (non-hydrogen) atoms. The van der Waals surface area contributed by atoms with Gasteiger partial charge in [0.05, 0.1) is 6.54 Å². The van der Waals surface area contributed by atoms with Crippen LogP contribution < -0.4 is 28.5 Å². The van der Waals surface area contributed by atoms with Gasteiger partial charge in [-0.15, -0.1) is 0 Å². The quantitative estimate of drug-likeness (QED) is 0.285. The van der Waals surface area contributed by atoms with E-state index in [0.717, 1.165) is 29.0 Å². The first kappa shape index (κ1) is 26.1. The van der Waals surface area contributed by atoms with Gasteiger partial charge in [-0.25, -0.2) is 13.9 Å². The Labute approximate surface area is 213 Å². The minimum atomic E-state index is -0.218. The Morgan fingerprint density at radius 2 is 1.39 bits per heavy atom. The minimum absolute atomic E-state index is 0. The van der Waals surface area contributed by atoms with Crippen LogP contribution in [-0.4, -0.2) is 4.98 Å². The van der Waals surface area contributed by atoms with Crippen LogP contribution in [0.4, 0.5) is 4.39 Å². The summed E-state index contributed by atoms with van der Waals surface area (Å²) in [7, 11) is 0. The van der Waals surface area contributed by atoms with Crippen molar-refractivity contribution < 1.29 is 50.0 Å². The Bertz CT molecular complexity index is 934. The first-order valence-corrected chi connectivity index (χ1v) is 9.61. The maximum atomic E-state index is 13.0. The summed E-state index contributed by atoms with van der Waals surface area (Å²) in [5.41, 5.74) is 3.23. The number of fused-ring (bicyclic) bond motifs is 1. The second-order valence-electron chi connectivity index (χ2n) is 6.75. The Balaban J connectivity index is 0.000000432. The molecule has 1 heterocycles. The van der Waals surface area contributed by atoms with E-state index >= 15 is 0 Å². The fraction of sp³-hybridized carbons (Fsp3) is 0.0385. The van der Waals surface area contributed by atoms with Crippen LogP contribution in [0.2, 0.25) is 0 Å². The summed E-state index contributed by atoms with van der Waals surface area (Å²) in [4.78, 5) is 3.46. The third kappa shape index (κ3) is 7.44. The molecule has 0 unspecified atom stereocenters. The number of para-hydroxylation sites is 2. The molecule has 2 aromatic carbocycles. The fourth-order valence-corrected chi connectivity index (χ4v) is 3.22. The van der Waals surface area contributed by atoms with Gasteiger partial charge in [0, 0.05) is 12.0 Å². The summed E-state index contributed by atoms with van der Waals surface area (Å²) in [6.07, 6.45) is 22.4. The number of hydrogen-bond acceptors (Lipinski definition) is 0. The first-order chi connectivity index (χ1) is 14.3. The van der Waals surface area contributed by atoms with Crippen LogP contribution in [0.15, 0.2) is 48.5 Å². The summed E-state index contributed by atoms with van der Waals surface area (Å²) in [6.45, 7) is 0.806. The van der Waals surface area contributed by atoms with Crippen LogP contribution in [0.3, 0.4) is 0 Å². The minimum Gasteiger partial charge on any atom is -1.00 e. The number of benzene rings is 2. The number of nitrogens with one attached hydrogen (secondary N) is 1. The van der Waals surface area contributed by atoms with Crippen LogP contribution in [0.25, 0.3) is 23.2 Å². The third-order valence-electron chi connectivity index (χ3n) is 4.68. The van der Waals surface area contributed by atoms with Gasteiger partial charge in [-0.1, -0.05) is 24.3 Å². The molecule has 2 aliphatic carbocycles. The van der Waals surface area contributed by atoms with E-state index in [4.69, 9.17) is 0 Å². The maximum absolute atomic E-state index is 13.0. The number of H-pyrrole nitrogens is 1. The van der Waals surface area contributed by atoms with Crippen molar-refractivity contribution in [2.24, 2.45) is 0 Å². The predicted octanol–water partition coefficient (Wildman–Crippen LogP) is 2.19. The second-order valence-corrected chi connectivity index (χ2v) is 6.75. The van der Waals surface area contributed by atoms with Crippen molar-refractivity contribution >= 4 is 23.2 Å². The monoisotopic (exact) mass is 564 g/mol. The molecule has 0 atom stereocenters. The second kappa shape index (κ2) is 13.4. The zero-order valence-corrected chi connectivity index (χ0v) is 20.0. The SMILES string of the molecule is Fc1ccc(/C=C/c2[nH]c3ccccc3[n+]2C[C]2[CH][CH][CH][CH]2)cc1.[CH]1[CH][CH][CH][CH]1.[Fe+2].[I-]. The van der Waals surface area contributed by atoms with E-state index in [1.54, 1.807) is 12.1 Å². The van der Waals surface area contributed by atoms with Crippen LogP contribution in [-0.2, 0) is 23.6 Å². The van der Waals surface area contributed by atoms with E-state index in [1.165, 1.54) is 18.1 Å². The molecule has 2 nitrogen and oxygen atoms in total. The van der Waals surface area contributed by atoms with Gasteiger partial charge >= 0.3 is 17.1 Å². The number of rotatable bonds is 4. The van der Waals surface area contributed by atoms with Crippen molar-refractivity contribution in [1.29, 1.82) is 0 Å². The number of nitrogens with zero attached hydrogens (tertiary/aromatic N) is 1. The number of hydrogen-bond donors (Lipinski definition) is 1. The Morgan fingerprint density at radius 1 is 0.774 bits per heavy atom. The van der Waals surface area contributed by atoms with E-state index in [1.807, 2.05) is 56.4 Å². The smallest absolute Gasteiger partial charge is 1.00 e. The molecule has 10 radical (unpaired) electrons. The van der Waals surface area contributed by atoms with Crippen molar-refractivity contribution in [3.63, 3.8) is 0 Å². The average Bonchev–Trinajstić information content (AvgIpc) is 3.52. The molecule has 2 fully saturated rings. The third-order valence-corrected chi connectivity index (χ3v) is 4.68. The van der Waals surface area contributed by atoms with Gasteiger partial charge in [0.25, 0.3) is 5.82 Å². The van der Waals surface area contributed by atoms with Crippen LogP contribution in [0.1, 0.15) is 11.4 Å². The van der Waals surface area contributed by atoms with Gasteiger partial charge in [-0.3, -0.25) is 0 Å². The standard InChI is InChI=1S/C21H16FN2.C5H5.Fe.HI/c22-18-12-9-16(10-13-18)11-14-21-23-19-7-3-4-8-20(19)24(21)15-17-5-1-2-6-17;1-2-4-5-3-1;;/h1-14H,15H2;1-5H;;1H/q;;+2;/b14-11+;;;. The molecule has 1 N–H and O–H groups in total. The zero-order valence-electron chi connectivity index (χ0n) is 16.7. The van der Waals surface area contributed by atoms with Crippen molar-refractivity contribution in [2.45, 2.75) is 6.54 Å². The van der Waals surface area contributed by atoms with Crippen molar-refractivity contribution in [3.05, 3.63) is 129 Å². The van der Waals surface area contributed by atoms with Gasteiger partial charge in [0.1, 0.15) is 5.82 Å². The largest absolute Gasteiger partial charge is 2.00 e. The molecule has 0 aliphatic heterocycles. The summed E-state index contributed by atoms with van der Waals surface area (Å²) >= 11 is 0. The summed E-state index contributed by atoms with van der Waals surface area (Å²) in [5, 5.41) is 0. The van der Waals surface area contributed by atoms with Gasteiger partial charge in [0.15, 0.2) is 11.0 Å². The molecule has 156 valence electrons. The summed E-state index contributed by atoms with van der Waals surface area (Å²) < 4.78 is 15.3. The van der Waals surface area contributed by atoms with Crippen molar-refractivity contribution in [1.82, 2.24) is 4.98 Å². The maximum Gasteiger partial charge on any atom is 2.00 e. The molecule has 0 saturated heterocycles. The van der Waals surface area contributed by atoms with Gasteiger partial charge < -0.3 is 24.0 Å². The first-order valence-electron chi connectivity index (χ1n) is 9.61. The number of aromatic nitrogens is 2. The Kier molecular flexibility index (Phi) is 11.3. The molecule has 3 aromatic rings. The average molecular weight is 564 g/mol. The fourth-order valence-electron chi connectivity index (χ4n) is 3.22. The Morgan fingerprint density at radius 3 is 2.03 bits per heavy atom. The molecule has 2 saturated carbocycles. The summed E-state index contributed by atoms with van der Waals surface area (Å²) in [6, 6.07) is 14.8. The van der Waals surface area contributed by atoms with Gasteiger partial charge in [-0.05, 0) is 93.7 Å². The van der Waals surface area contributed by atoms with E-state index in [0.29, 0.717) is 0 Å². The van der Waals surface area contributed by atoms with E-state index in [9.17, 15) is 4.39 Å². The topological polar surface area (TPSA) is 19.7 Å². The number of halogens is 2. The number of aromatic amines is 1. The molecule has 0 amide bonds. The number of imidazole rings is 1. The van der Waals surface area contributed by atoms with Crippen LogP contribution >= 0.6 is 0 Å². The normalized spacial score (nSPS) is 16.0. The van der Waals surface area contributed by atoms with E-state index in [-0.39, 0.29) is 46.9 Å². The summed E-state index contributed by atoms with van der Waals surface area (Å²) in [5.74, 6) is 2.06. The van der Waals surface area contributed by atoms with Crippen LogP contribution in [0.5, 0.6) is 0 Å². The molecular formula is C26H22FFeIN2+2.